The first-order valence-electron chi connectivity index (χ1n) is 7.05. The molecule has 0 radical (unpaired) electrons. The number of halogens is 1. The SMILES string of the molecule is Brc1cccnc1Nc1ccc(N2CCCCC2)cc1. The average Bonchev–Trinajstić information content (AvgIpc) is 2.51. The highest BCUT2D eigenvalue weighted by atomic mass is 79.9. The Morgan fingerprint density at radius 3 is 2.45 bits per heavy atom. The first kappa shape index (κ1) is 13.4. The monoisotopic (exact) mass is 331 g/mol. The molecule has 3 nitrogen and oxygen atoms in total. The summed E-state index contributed by atoms with van der Waals surface area (Å²) in [5.41, 5.74) is 2.38. The third kappa shape index (κ3) is 3.12. The summed E-state index contributed by atoms with van der Waals surface area (Å²) in [5.74, 6) is 0.846. The minimum absolute atomic E-state index is 0.846. The van der Waals surface area contributed by atoms with Crippen LogP contribution in [0, 0.1) is 0 Å². The summed E-state index contributed by atoms with van der Waals surface area (Å²) in [4.78, 5) is 6.78. The average molecular weight is 332 g/mol. The lowest BCUT2D eigenvalue weighted by atomic mass is 10.1. The van der Waals surface area contributed by atoms with E-state index in [2.05, 4.69) is 55.4 Å². The van der Waals surface area contributed by atoms with E-state index in [0.29, 0.717) is 0 Å². The highest BCUT2D eigenvalue weighted by molar-refractivity contribution is 9.10. The second kappa shape index (κ2) is 6.27. The molecule has 0 aliphatic carbocycles. The zero-order chi connectivity index (χ0) is 13.8. The van der Waals surface area contributed by atoms with Crippen LogP contribution in [0.1, 0.15) is 19.3 Å². The van der Waals surface area contributed by atoms with Crippen LogP contribution in [0.25, 0.3) is 0 Å². The van der Waals surface area contributed by atoms with Crippen LogP contribution in [0.4, 0.5) is 17.2 Å². The number of nitrogens with zero attached hydrogens (tertiary/aromatic N) is 2. The first-order valence-corrected chi connectivity index (χ1v) is 7.85. The maximum absolute atomic E-state index is 4.32. The zero-order valence-electron chi connectivity index (χ0n) is 11.3. The molecule has 1 aliphatic heterocycles. The molecule has 0 amide bonds. The number of hydrogen-bond acceptors (Lipinski definition) is 3. The van der Waals surface area contributed by atoms with Crippen molar-refractivity contribution < 1.29 is 0 Å². The van der Waals surface area contributed by atoms with Gasteiger partial charge in [-0.1, -0.05) is 0 Å². The summed E-state index contributed by atoms with van der Waals surface area (Å²) < 4.78 is 0.972. The molecule has 104 valence electrons. The van der Waals surface area contributed by atoms with Gasteiger partial charge >= 0.3 is 0 Å². The second-order valence-corrected chi connectivity index (χ2v) is 5.91. The second-order valence-electron chi connectivity index (χ2n) is 5.05. The molecule has 20 heavy (non-hydrogen) atoms. The van der Waals surface area contributed by atoms with Crippen LogP contribution >= 0.6 is 15.9 Å². The van der Waals surface area contributed by atoms with Gasteiger partial charge in [0.1, 0.15) is 5.82 Å². The van der Waals surface area contributed by atoms with E-state index < -0.39 is 0 Å². The molecule has 0 atom stereocenters. The largest absolute Gasteiger partial charge is 0.372 e. The topological polar surface area (TPSA) is 28.2 Å². The van der Waals surface area contributed by atoms with E-state index in [-0.39, 0.29) is 0 Å². The fraction of sp³-hybridized carbons (Fsp3) is 0.312. The normalized spacial score (nSPS) is 15.2. The Kier molecular flexibility index (Phi) is 4.21. The summed E-state index contributed by atoms with van der Waals surface area (Å²) >= 11 is 3.50. The number of rotatable bonds is 3. The Morgan fingerprint density at radius 2 is 1.75 bits per heavy atom. The van der Waals surface area contributed by atoms with Crippen molar-refractivity contribution in [1.82, 2.24) is 4.98 Å². The highest BCUT2D eigenvalue weighted by Crippen LogP contribution is 2.25. The van der Waals surface area contributed by atoms with Crippen molar-refractivity contribution in [2.45, 2.75) is 19.3 Å². The Bertz CT molecular complexity index is 562. The fourth-order valence-electron chi connectivity index (χ4n) is 2.52. The molecule has 1 N–H and O–H groups in total. The maximum Gasteiger partial charge on any atom is 0.144 e. The minimum Gasteiger partial charge on any atom is -0.372 e. The van der Waals surface area contributed by atoms with Gasteiger partial charge < -0.3 is 10.2 Å². The van der Waals surface area contributed by atoms with Crippen LogP contribution < -0.4 is 10.2 Å². The summed E-state index contributed by atoms with van der Waals surface area (Å²) in [5, 5.41) is 3.33. The van der Waals surface area contributed by atoms with E-state index in [4.69, 9.17) is 0 Å². The summed E-state index contributed by atoms with van der Waals surface area (Å²) in [6, 6.07) is 12.5. The van der Waals surface area contributed by atoms with Gasteiger partial charge in [-0.05, 0) is 71.6 Å². The van der Waals surface area contributed by atoms with Crippen LogP contribution in [-0.2, 0) is 0 Å². The predicted molar refractivity (Wildman–Crippen MR) is 87.7 cm³/mol. The van der Waals surface area contributed by atoms with Gasteiger partial charge in [-0.3, -0.25) is 0 Å². The molecule has 1 fully saturated rings. The van der Waals surface area contributed by atoms with Crippen molar-refractivity contribution in [1.29, 1.82) is 0 Å². The maximum atomic E-state index is 4.32. The van der Waals surface area contributed by atoms with Crippen molar-refractivity contribution in [2.75, 3.05) is 23.3 Å². The van der Waals surface area contributed by atoms with Crippen LogP contribution in [0.3, 0.4) is 0 Å². The number of anilines is 3. The van der Waals surface area contributed by atoms with E-state index >= 15 is 0 Å². The zero-order valence-corrected chi connectivity index (χ0v) is 12.9. The van der Waals surface area contributed by atoms with Crippen molar-refractivity contribution in [3.8, 4) is 0 Å². The summed E-state index contributed by atoms with van der Waals surface area (Å²) in [6.45, 7) is 2.36. The lowest BCUT2D eigenvalue weighted by Gasteiger charge is -2.28. The summed E-state index contributed by atoms with van der Waals surface area (Å²) in [7, 11) is 0. The number of nitrogens with one attached hydrogen (secondary N) is 1. The van der Waals surface area contributed by atoms with Crippen molar-refractivity contribution in [3.63, 3.8) is 0 Å². The van der Waals surface area contributed by atoms with Gasteiger partial charge in [0.25, 0.3) is 0 Å². The fourth-order valence-corrected chi connectivity index (χ4v) is 2.88. The number of aromatic nitrogens is 1. The van der Waals surface area contributed by atoms with Crippen LogP contribution in [-0.4, -0.2) is 18.1 Å². The third-order valence-electron chi connectivity index (χ3n) is 3.61. The van der Waals surface area contributed by atoms with Crippen LogP contribution in [0.2, 0.25) is 0 Å². The molecular formula is C16H18BrN3. The van der Waals surface area contributed by atoms with Gasteiger partial charge in [-0.2, -0.15) is 0 Å². The molecule has 2 heterocycles. The molecule has 0 unspecified atom stereocenters. The molecule has 2 aromatic rings. The van der Waals surface area contributed by atoms with Crippen molar-refractivity contribution in [2.24, 2.45) is 0 Å². The molecular weight excluding hydrogens is 314 g/mol. The van der Waals surface area contributed by atoms with E-state index in [0.717, 1.165) is 16.0 Å². The molecule has 3 rings (SSSR count). The Morgan fingerprint density at radius 1 is 1.00 bits per heavy atom. The number of pyridine rings is 1. The van der Waals surface area contributed by atoms with Crippen molar-refractivity contribution in [3.05, 3.63) is 47.1 Å². The quantitative estimate of drug-likeness (QED) is 0.892. The van der Waals surface area contributed by atoms with E-state index in [1.807, 2.05) is 12.1 Å². The Hall–Kier alpha value is -1.55. The van der Waals surface area contributed by atoms with Gasteiger partial charge in [0.15, 0.2) is 0 Å². The predicted octanol–water partition coefficient (Wildman–Crippen LogP) is 4.58. The van der Waals surface area contributed by atoms with Gasteiger partial charge in [0.05, 0.1) is 4.47 Å². The van der Waals surface area contributed by atoms with Crippen molar-refractivity contribution >= 4 is 33.1 Å². The van der Waals surface area contributed by atoms with Crippen LogP contribution in [0.5, 0.6) is 0 Å². The Balaban J connectivity index is 1.71. The summed E-state index contributed by atoms with van der Waals surface area (Å²) in [6.07, 6.45) is 5.76. The smallest absolute Gasteiger partial charge is 0.144 e. The van der Waals surface area contributed by atoms with Gasteiger partial charge in [-0.25, -0.2) is 4.98 Å². The van der Waals surface area contributed by atoms with Gasteiger partial charge in [0, 0.05) is 30.7 Å². The number of piperidine rings is 1. The van der Waals surface area contributed by atoms with Gasteiger partial charge in [0.2, 0.25) is 0 Å². The molecule has 1 aliphatic rings. The number of hydrogen-bond donors (Lipinski definition) is 1. The van der Waals surface area contributed by atoms with Gasteiger partial charge in [-0.15, -0.1) is 0 Å². The molecule has 1 aromatic carbocycles. The lowest BCUT2D eigenvalue weighted by Crippen LogP contribution is -2.29. The molecule has 4 heteroatoms. The molecule has 0 spiro atoms. The Labute approximate surface area is 128 Å². The van der Waals surface area contributed by atoms with E-state index in [1.54, 1.807) is 6.20 Å². The van der Waals surface area contributed by atoms with Crippen LogP contribution in [0.15, 0.2) is 47.1 Å². The lowest BCUT2D eigenvalue weighted by molar-refractivity contribution is 0.578. The minimum atomic E-state index is 0.846. The molecule has 0 bridgehead atoms. The molecule has 1 saturated heterocycles. The molecule has 1 aromatic heterocycles. The number of benzene rings is 1. The van der Waals surface area contributed by atoms with E-state index in [1.165, 1.54) is 38.0 Å². The first-order chi connectivity index (χ1) is 9.83. The highest BCUT2D eigenvalue weighted by Gasteiger charge is 2.10. The standard InChI is InChI=1S/C16H18BrN3/c17-15-5-4-10-18-16(15)19-13-6-8-14(9-7-13)20-11-2-1-3-12-20/h4-10H,1-3,11-12H2,(H,18,19). The molecule has 0 saturated carbocycles. The van der Waals surface area contributed by atoms with E-state index in [9.17, 15) is 0 Å². The third-order valence-corrected chi connectivity index (χ3v) is 4.25.